The van der Waals surface area contributed by atoms with Gasteiger partial charge in [0, 0.05) is 46.4 Å². The quantitative estimate of drug-likeness (QED) is 0.741. The average molecular weight is 327 g/mol. The van der Waals surface area contributed by atoms with E-state index in [0.717, 1.165) is 52.2 Å². The summed E-state index contributed by atoms with van der Waals surface area (Å²) in [4.78, 5) is 16.7. The van der Waals surface area contributed by atoms with Crippen molar-refractivity contribution >= 4 is 5.91 Å². The van der Waals surface area contributed by atoms with Gasteiger partial charge in [-0.1, -0.05) is 13.8 Å². The Labute approximate surface area is 140 Å². The van der Waals surface area contributed by atoms with Crippen LogP contribution in [0.15, 0.2) is 0 Å². The van der Waals surface area contributed by atoms with Crippen molar-refractivity contribution in [3.63, 3.8) is 0 Å². The van der Waals surface area contributed by atoms with E-state index in [1.165, 1.54) is 0 Å². The molecule has 2 saturated heterocycles. The molecular weight excluding hydrogens is 294 g/mol. The van der Waals surface area contributed by atoms with Crippen LogP contribution in [-0.4, -0.2) is 87.4 Å². The van der Waals surface area contributed by atoms with E-state index in [1.807, 2.05) is 0 Å². The molecule has 6 nitrogen and oxygen atoms in total. The van der Waals surface area contributed by atoms with Crippen molar-refractivity contribution < 1.29 is 14.3 Å². The van der Waals surface area contributed by atoms with Gasteiger partial charge in [-0.25, -0.2) is 0 Å². The Morgan fingerprint density at radius 2 is 2.00 bits per heavy atom. The Morgan fingerprint density at radius 1 is 1.26 bits per heavy atom. The van der Waals surface area contributed by atoms with Crippen molar-refractivity contribution in [1.29, 1.82) is 0 Å². The number of carbonyl (C=O) groups excluding carboxylic acids is 1. The van der Waals surface area contributed by atoms with E-state index in [0.29, 0.717) is 25.1 Å². The molecule has 0 aliphatic carbocycles. The van der Waals surface area contributed by atoms with E-state index in [4.69, 9.17) is 9.47 Å². The fourth-order valence-corrected chi connectivity index (χ4v) is 3.38. The Hall–Kier alpha value is -0.690. The van der Waals surface area contributed by atoms with Crippen molar-refractivity contribution in [2.75, 3.05) is 59.5 Å². The molecule has 1 N–H and O–H groups in total. The van der Waals surface area contributed by atoms with Gasteiger partial charge in [-0.3, -0.25) is 14.6 Å². The van der Waals surface area contributed by atoms with Crippen LogP contribution in [0, 0.1) is 5.92 Å². The van der Waals surface area contributed by atoms with Crippen molar-refractivity contribution in [1.82, 2.24) is 15.1 Å². The second-order valence-electron chi connectivity index (χ2n) is 7.16. The highest BCUT2D eigenvalue weighted by Crippen LogP contribution is 2.12. The van der Waals surface area contributed by atoms with Gasteiger partial charge in [0.2, 0.25) is 5.91 Å². The van der Waals surface area contributed by atoms with Gasteiger partial charge >= 0.3 is 0 Å². The normalized spacial score (nSPS) is 25.0. The highest BCUT2D eigenvalue weighted by atomic mass is 16.5. The number of amides is 1. The van der Waals surface area contributed by atoms with Gasteiger partial charge in [-0.15, -0.1) is 0 Å². The summed E-state index contributed by atoms with van der Waals surface area (Å²) in [5, 5.41) is 3.04. The first-order valence-electron chi connectivity index (χ1n) is 8.92. The van der Waals surface area contributed by atoms with Crippen LogP contribution in [0.2, 0.25) is 0 Å². The third kappa shape index (κ3) is 6.75. The first kappa shape index (κ1) is 18.6. The minimum atomic E-state index is 0.102. The van der Waals surface area contributed by atoms with E-state index in [1.54, 1.807) is 7.11 Å². The van der Waals surface area contributed by atoms with Crippen LogP contribution in [0.5, 0.6) is 0 Å². The van der Waals surface area contributed by atoms with Crippen LogP contribution in [0.4, 0.5) is 0 Å². The van der Waals surface area contributed by atoms with Crippen molar-refractivity contribution in [3.05, 3.63) is 0 Å². The zero-order chi connectivity index (χ0) is 16.7. The molecule has 1 atom stereocenters. The van der Waals surface area contributed by atoms with E-state index in [9.17, 15) is 4.79 Å². The van der Waals surface area contributed by atoms with Crippen molar-refractivity contribution in [2.45, 2.75) is 38.9 Å². The molecule has 1 amide bonds. The Bertz CT molecular complexity index is 357. The minimum absolute atomic E-state index is 0.102. The number of morpholine rings is 1. The number of hydrogen-bond donors (Lipinski definition) is 1. The third-order valence-corrected chi connectivity index (χ3v) is 4.61. The van der Waals surface area contributed by atoms with Gasteiger partial charge in [-0.05, 0) is 18.8 Å². The molecule has 0 aromatic carbocycles. The molecule has 0 bridgehead atoms. The molecule has 0 saturated carbocycles. The van der Waals surface area contributed by atoms with Crippen molar-refractivity contribution in [2.24, 2.45) is 5.92 Å². The molecule has 2 aliphatic heterocycles. The van der Waals surface area contributed by atoms with Crippen LogP contribution in [0.25, 0.3) is 0 Å². The lowest BCUT2D eigenvalue weighted by Gasteiger charge is -2.34. The summed E-state index contributed by atoms with van der Waals surface area (Å²) in [5.74, 6) is 0.767. The number of hydrogen-bond acceptors (Lipinski definition) is 5. The molecule has 23 heavy (non-hydrogen) atoms. The highest BCUT2D eigenvalue weighted by Gasteiger charge is 2.23. The fraction of sp³-hybridized carbons (Fsp3) is 0.941. The molecule has 0 spiro atoms. The number of rotatable bonds is 7. The standard InChI is InChI=1S/C17H33N3O3/c1-14(2)11-20-8-9-23-16(12-20)10-18-17(21)13-19-6-4-15(22-3)5-7-19/h14-16H,4-13H2,1-3H3,(H,18,21). The summed E-state index contributed by atoms with van der Waals surface area (Å²) < 4.78 is 11.1. The largest absolute Gasteiger partial charge is 0.381 e. The molecule has 6 heteroatoms. The maximum Gasteiger partial charge on any atom is 0.234 e. The zero-order valence-corrected chi connectivity index (χ0v) is 14.9. The molecule has 0 radical (unpaired) electrons. The van der Waals surface area contributed by atoms with Crippen LogP contribution in [-0.2, 0) is 14.3 Å². The highest BCUT2D eigenvalue weighted by molar-refractivity contribution is 5.78. The Kier molecular flexibility index (Phi) is 7.76. The smallest absolute Gasteiger partial charge is 0.234 e. The van der Waals surface area contributed by atoms with E-state index in [-0.39, 0.29) is 12.0 Å². The van der Waals surface area contributed by atoms with Gasteiger partial charge in [0.25, 0.3) is 0 Å². The van der Waals surface area contributed by atoms with E-state index < -0.39 is 0 Å². The van der Waals surface area contributed by atoms with Gasteiger partial charge < -0.3 is 14.8 Å². The molecule has 1 unspecified atom stereocenters. The summed E-state index contributed by atoms with van der Waals surface area (Å²) in [7, 11) is 1.76. The van der Waals surface area contributed by atoms with Gasteiger partial charge in [-0.2, -0.15) is 0 Å². The molecule has 134 valence electrons. The summed E-state index contributed by atoms with van der Waals surface area (Å²) in [6, 6.07) is 0. The Balaban J connectivity index is 1.62. The number of carbonyl (C=O) groups is 1. The molecule has 0 aromatic rings. The summed E-state index contributed by atoms with van der Waals surface area (Å²) in [5.41, 5.74) is 0. The fourth-order valence-electron chi connectivity index (χ4n) is 3.38. The topological polar surface area (TPSA) is 54.0 Å². The number of nitrogens with zero attached hydrogens (tertiary/aromatic N) is 2. The molecule has 2 aliphatic rings. The third-order valence-electron chi connectivity index (χ3n) is 4.61. The average Bonchev–Trinajstić information content (AvgIpc) is 2.53. The summed E-state index contributed by atoms with van der Waals surface area (Å²) in [6.45, 7) is 11.2. The summed E-state index contributed by atoms with van der Waals surface area (Å²) >= 11 is 0. The Morgan fingerprint density at radius 3 is 2.65 bits per heavy atom. The van der Waals surface area contributed by atoms with Crippen LogP contribution < -0.4 is 5.32 Å². The lowest BCUT2D eigenvalue weighted by Crippen LogP contribution is -2.50. The predicted octanol–water partition coefficient (Wildman–Crippen LogP) is 0.570. The first-order chi connectivity index (χ1) is 11.1. The van der Waals surface area contributed by atoms with Crippen LogP contribution in [0.3, 0.4) is 0 Å². The second kappa shape index (κ2) is 9.57. The SMILES string of the molecule is COC1CCN(CC(=O)NCC2CN(CC(C)C)CCO2)CC1. The monoisotopic (exact) mass is 327 g/mol. The number of likely N-dealkylation sites (tertiary alicyclic amines) is 1. The molecule has 0 aromatic heterocycles. The number of methoxy groups -OCH3 is 1. The maximum absolute atomic E-state index is 12.1. The predicted molar refractivity (Wildman–Crippen MR) is 90.5 cm³/mol. The van der Waals surface area contributed by atoms with E-state index >= 15 is 0 Å². The minimum Gasteiger partial charge on any atom is -0.381 e. The lowest BCUT2D eigenvalue weighted by molar-refractivity contribution is -0.124. The van der Waals surface area contributed by atoms with Crippen LogP contribution in [0.1, 0.15) is 26.7 Å². The van der Waals surface area contributed by atoms with E-state index in [2.05, 4.69) is 29.0 Å². The number of ether oxygens (including phenoxy) is 2. The maximum atomic E-state index is 12.1. The van der Waals surface area contributed by atoms with Crippen molar-refractivity contribution in [3.8, 4) is 0 Å². The van der Waals surface area contributed by atoms with Gasteiger partial charge in [0.1, 0.15) is 0 Å². The molecule has 2 heterocycles. The van der Waals surface area contributed by atoms with Crippen LogP contribution >= 0.6 is 0 Å². The van der Waals surface area contributed by atoms with Gasteiger partial charge in [0.15, 0.2) is 0 Å². The second-order valence-corrected chi connectivity index (χ2v) is 7.16. The molecule has 2 rings (SSSR count). The first-order valence-corrected chi connectivity index (χ1v) is 8.92. The zero-order valence-electron chi connectivity index (χ0n) is 14.9. The summed E-state index contributed by atoms with van der Waals surface area (Å²) in [6.07, 6.45) is 2.50. The van der Waals surface area contributed by atoms with Gasteiger partial charge in [0.05, 0.1) is 25.4 Å². The molecule has 2 fully saturated rings. The molecular formula is C17H33N3O3. The number of piperidine rings is 1. The lowest BCUT2D eigenvalue weighted by atomic mass is 10.1. The number of nitrogens with one attached hydrogen (secondary N) is 1.